The fraction of sp³-hybridized carbons (Fsp3) is 0.294. The van der Waals surface area contributed by atoms with E-state index in [2.05, 4.69) is 9.89 Å². The molecule has 1 aromatic heterocycles. The number of esters is 1. The van der Waals surface area contributed by atoms with Crippen molar-refractivity contribution in [1.82, 2.24) is 9.13 Å². The van der Waals surface area contributed by atoms with Crippen LogP contribution in [0.3, 0.4) is 0 Å². The number of hydrogen-bond donors (Lipinski definition) is 0. The van der Waals surface area contributed by atoms with Gasteiger partial charge in [-0.15, -0.1) is 0 Å². The predicted octanol–water partition coefficient (Wildman–Crippen LogP) is 2.26. The van der Waals surface area contributed by atoms with Crippen LogP contribution in [0.15, 0.2) is 32.9 Å². The van der Waals surface area contributed by atoms with E-state index in [-0.39, 0.29) is 25.8 Å². The molecule has 0 aliphatic rings. The highest BCUT2D eigenvalue weighted by Crippen LogP contribution is 2.27. The fourth-order valence-corrected chi connectivity index (χ4v) is 2.53. The van der Waals surface area contributed by atoms with Crippen molar-refractivity contribution in [2.24, 2.45) is 12.2 Å². The molecule has 30 heavy (non-hydrogen) atoms. The molecule has 0 amide bonds. The van der Waals surface area contributed by atoms with E-state index < -0.39 is 46.7 Å². The highest BCUT2D eigenvalue weighted by molar-refractivity contribution is 6.33. The summed E-state index contributed by atoms with van der Waals surface area (Å²) in [7, 11) is 1.93. The predicted molar refractivity (Wildman–Crippen MR) is 97.4 cm³/mol. The number of benzene rings is 1. The van der Waals surface area contributed by atoms with Crippen LogP contribution in [0.5, 0.6) is 0 Å². The lowest BCUT2D eigenvalue weighted by molar-refractivity contribution is -0.152. The third kappa shape index (κ3) is 4.70. The van der Waals surface area contributed by atoms with Gasteiger partial charge in [0.15, 0.2) is 0 Å². The minimum Gasteiger partial charge on any atom is -0.466 e. The molecular formula is C17H14ClF4N3O5. The molecule has 0 spiro atoms. The second kappa shape index (κ2) is 8.69. The summed E-state index contributed by atoms with van der Waals surface area (Å²) in [6.07, 6.45) is -5.07. The van der Waals surface area contributed by atoms with Crippen molar-refractivity contribution in [3.63, 3.8) is 0 Å². The minimum atomic E-state index is -4.96. The first-order chi connectivity index (χ1) is 13.9. The normalized spacial score (nSPS) is 12.8. The zero-order valence-electron chi connectivity index (χ0n) is 15.7. The Balaban J connectivity index is 2.56. The molecule has 1 atom stereocenters. The van der Waals surface area contributed by atoms with Crippen molar-refractivity contribution in [3.8, 4) is 5.69 Å². The Morgan fingerprint density at radius 3 is 2.47 bits per heavy atom. The number of methoxy groups -OCH3 is 1. The zero-order valence-corrected chi connectivity index (χ0v) is 16.4. The zero-order chi connectivity index (χ0) is 22.8. The second-order valence-electron chi connectivity index (χ2n) is 5.87. The van der Waals surface area contributed by atoms with Gasteiger partial charge in [-0.2, -0.15) is 13.2 Å². The molecule has 0 saturated heterocycles. The minimum absolute atomic E-state index is 0.0426. The SMILES string of the molecule is COC(=O)C(C)O/N=C/c1cc(-n2c(=O)cc(C(F)(F)F)n(C)c2=O)c(F)cc1Cl. The van der Waals surface area contributed by atoms with E-state index in [1.54, 1.807) is 0 Å². The van der Waals surface area contributed by atoms with Gasteiger partial charge in [-0.3, -0.25) is 9.36 Å². The van der Waals surface area contributed by atoms with E-state index in [1.165, 1.54) is 6.92 Å². The van der Waals surface area contributed by atoms with E-state index in [1.807, 2.05) is 0 Å². The van der Waals surface area contributed by atoms with Gasteiger partial charge in [-0.25, -0.2) is 18.5 Å². The van der Waals surface area contributed by atoms with E-state index in [4.69, 9.17) is 16.4 Å². The summed E-state index contributed by atoms with van der Waals surface area (Å²) >= 11 is 5.89. The lowest BCUT2D eigenvalue weighted by Crippen LogP contribution is -2.41. The van der Waals surface area contributed by atoms with Crippen molar-refractivity contribution >= 4 is 23.8 Å². The van der Waals surface area contributed by atoms with Gasteiger partial charge in [-0.1, -0.05) is 16.8 Å². The molecule has 0 fully saturated rings. The Morgan fingerprint density at radius 1 is 1.27 bits per heavy atom. The molecule has 1 unspecified atom stereocenters. The average molecular weight is 452 g/mol. The Hall–Kier alpha value is -3.15. The molecular weight excluding hydrogens is 438 g/mol. The van der Waals surface area contributed by atoms with Gasteiger partial charge in [0.25, 0.3) is 5.56 Å². The molecule has 0 saturated carbocycles. The molecule has 13 heteroatoms. The first kappa shape index (κ1) is 23.1. The number of oxime groups is 1. The molecule has 0 N–H and O–H groups in total. The number of alkyl halides is 3. The number of nitrogens with zero attached hydrogens (tertiary/aromatic N) is 3. The van der Waals surface area contributed by atoms with Crippen LogP contribution in [0, 0.1) is 5.82 Å². The van der Waals surface area contributed by atoms with Crippen molar-refractivity contribution in [2.45, 2.75) is 19.2 Å². The van der Waals surface area contributed by atoms with Crippen LogP contribution in [0.25, 0.3) is 5.69 Å². The molecule has 0 bridgehead atoms. The maximum Gasteiger partial charge on any atom is 0.431 e. The fourth-order valence-electron chi connectivity index (χ4n) is 2.33. The first-order valence-corrected chi connectivity index (χ1v) is 8.43. The van der Waals surface area contributed by atoms with Gasteiger partial charge in [0.05, 0.1) is 24.0 Å². The Morgan fingerprint density at radius 2 is 1.90 bits per heavy atom. The molecule has 162 valence electrons. The maximum atomic E-state index is 14.4. The monoisotopic (exact) mass is 451 g/mol. The third-order valence-electron chi connectivity index (χ3n) is 3.86. The van der Waals surface area contributed by atoms with Crippen LogP contribution in [0.4, 0.5) is 17.6 Å². The van der Waals surface area contributed by atoms with Crippen molar-refractivity contribution < 1.29 is 31.9 Å². The van der Waals surface area contributed by atoms with Gasteiger partial charge in [0, 0.05) is 18.7 Å². The molecule has 1 aromatic carbocycles. The molecule has 0 aliphatic carbocycles. The quantitative estimate of drug-likeness (QED) is 0.301. The van der Waals surface area contributed by atoms with Gasteiger partial charge < -0.3 is 9.57 Å². The molecule has 2 rings (SSSR count). The largest absolute Gasteiger partial charge is 0.466 e. The van der Waals surface area contributed by atoms with Gasteiger partial charge in [-0.05, 0) is 19.1 Å². The highest BCUT2D eigenvalue weighted by Gasteiger charge is 2.35. The van der Waals surface area contributed by atoms with Crippen LogP contribution >= 0.6 is 11.6 Å². The summed E-state index contributed by atoms with van der Waals surface area (Å²) in [5.41, 5.74) is -5.00. The van der Waals surface area contributed by atoms with Crippen LogP contribution in [-0.4, -0.2) is 34.5 Å². The highest BCUT2D eigenvalue weighted by atomic mass is 35.5. The molecule has 1 heterocycles. The third-order valence-corrected chi connectivity index (χ3v) is 4.19. The summed E-state index contributed by atoms with van der Waals surface area (Å²) in [6.45, 7) is 1.34. The summed E-state index contributed by atoms with van der Waals surface area (Å²) in [4.78, 5) is 40.6. The first-order valence-electron chi connectivity index (χ1n) is 8.05. The van der Waals surface area contributed by atoms with Crippen LogP contribution in [-0.2, 0) is 27.6 Å². The van der Waals surface area contributed by atoms with Crippen molar-refractivity contribution in [2.75, 3.05) is 7.11 Å². The number of halogens is 5. The lowest BCUT2D eigenvalue weighted by atomic mass is 10.2. The van der Waals surface area contributed by atoms with Crippen LogP contribution in [0.2, 0.25) is 5.02 Å². The van der Waals surface area contributed by atoms with E-state index in [9.17, 15) is 31.9 Å². The van der Waals surface area contributed by atoms with Crippen LogP contribution < -0.4 is 11.2 Å². The number of rotatable bonds is 5. The van der Waals surface area contributed by atoms with Gasteiger partial charge >= 0.3 is 17.8 Å². The topological polar surface area (TPSA) is 91.9 Å². The maximum absolute atomic E-state index is 14.4. The molecule has 0 aliphatic heterocycles. The summed E-state index contributed by atoms with van der Waals surface area (Å²) in [5, 5.41) is 3.29. The Labute approximate surface area is 170 Å². The van der Waals surface area contributed by atoms with Crippen LogP contribution in [0.1, 0.15) is 18.2 Å². The number of carbonyl (C=O) groups is 1. The average Bonchev–Trinajstić information content (AvgIpc) is 2.65. The number of carbonyl (C=O) groups excluding carboxylic acids is 1. The van der Waals surface area contributed by atoms with E-state index >= 15 is 0 Å². The standard InChI is InChI=1S/C17H14ClF4N3O5/c1-8(15(27)29-3)30-23-7-9-4-12(11(19)5-10(9)18)25-14(26)6-13(17(20,21)22)24(2)16(25)28/h4-8H,1-3H3/b23-7+. The Bertz CT molecular complexity index is 1120. The summed E-state index contributed by atoms with van der Waals surface area (Å²) in [6, 6.07) is 1.83. The summed E-state index contributed by atoms with van der Waals surface area (Å²) < 4.78 is 58.1. The number of ether oxygens (including phenoxy) is 1. The smallest absolute Gasteiger partial charge is 0.431 e. The molecule has 2 aromatic rings. The molecule has 8 nitrogen and oxygen atoms in total. The van der Waals surface area contributed by atoms with E-state index in [0.29, 0.717) is 0 Å². The Kier molecular flexibility index (Phi) is 6.70. The van der Waals surface area contributed by atoms with E-state index in [0.717, 1.165) is 32.5 Å². The number of hydrogen-bond acceptors (Lipinski definition) is 6. The number of aromatic nitrogens is 2. The summed E-state index contributed by atoms with van der Waals surface area (Å²) in [5.74, 6) is -1.86. The lowest BCUT2D eigenvalue weighted by Gasteiger charge is -2.14. The van der Waals surface area contributed by atoms with Crippen molar-refractivity contribution in [3.05, 3.63) is 61.1 Å². The van der Waals surface area contributed by atoms with Gasteiger partial charge in [0.2, 0.25) is 6.10 Å². The van der Waals surface area contributed by atoms with Crippen molar-refractivity contribution in [1.29, 1.82) is 0 Å². The van der Waals surface area contributed by atoms with Gasteiger partial charge in [0.1, 0.15) is 11.5 Å². The second-order valence-corrected chi connectivity index (χ2v) is 6.28. The molecule has 0 radical (unpaired) electrons.